The Morgan fingerprint density at radius 1 is 1.39 bits per heavy atom. The lowest BCUT2D eigenvalue weighted by Crippen LogP contribution is -2.09. The van der Waals surface area contributed by atoms with Crippen LogP contribution in [0.5, 0.6) is 0 Å². The summed E-state index contributed by atoms with van der Waals surface area (Å²) in [7, 11) is 0. The molecule has 18 heavy (non-hydrogen) atoms. The molecule has 0 aliphatic heterocycles. The van der Waals surface area contributed by atoms with Crippen molar-refractivity contribution in [1.29, 1.82) is 0 Å². The Labute approximate surface area is 105 Å². The summed E-state index contributed by atoms with van der Waals surface area (Å²) in [6.07, 6.45) is -1.84. The molecular formula is C10H8ClF3N4. The van der Waals surface area contributed by atoms with Gasteiger partial charge in [0.15, 0.2) is 5.69 Å². The van der Waals surface area contributed by atoms with Crippen molar-refractivity contribution in [2.24, 2.45) is 0 Å². The largest absolute Gasteiger partial charge is 0.435 e. The van der Waals surface area contributed by atoms with E-state index in [2.05, 4.69) is 15.1 Å². The summed E-state index contributed by atoms with van der Waals surface area (Å²) in [5, 5.41) is 3.38. The summed E-state index contributed by atoms with van der Waals surface area (Å²) in [4.78, 5) is 7.96. The van der Waals surface area contributed by atoms with Crippen molar-refractivity contribution in [3.8, 4) is 5.95 Å². The molecule has 0 aliphatic rings. The van der Waals surface area contributed by atoms with Gasteiger partial charge in [-0.25, -0.2) is 14.6 Å². The summed E-state index contributed by atoms with van der Waals surface area (Å²) < 4.78 is 38.1. The van der Waals surface area contributed by atoms with Crippen molar-refractivity contribution in [2.45, 2.75) is 19.0 Å². The van der Waals surface area contributed by atoms with Crippen LogP contribution in [0.4, 0.5) is 13.2 Å². The van der Waals surface area contributed by atoms with Gasteiger partial charge in [-0.05, 0) is 13.0 Å². The van der Waals surface area contributed by atoms with E-state index in [0.717, 1.165) is 22.5 Å². The monoisotopic (exact) mass is 276 g/mol. The molecule has 0 unspecified atom stereocenters. The van der Waals surface area contributed by atoms with Crippen molar-refractivity contribution in [1.82, 2.24) is 19.7 Å². The highest BCUT2D eigenvalue weighted by atomic mass is 35.5. The molecule has 2 aromatic heterocycles. The van der Waals surface area contributed by atoms with E-state index >= 15 is 0 Å². The van der Waals surface area contributed by atoms with Gasteiger partial charge in [0.05, 0.1) is 5.88 Å². The van der Waals surface area contributed by atoms with Crippen LogP contribution in [-0.2, 0) is 12.1 Å². The molecule has 0 N–H and O–H groups in total. The van der Waals surface area contributed by atoms with E-state index in [1.807, 2.05) is 0 Å². The van der Waals surface area contributed by atoms with Gasteiger partial charge in [0.25, 0.3) is 5.95 Å². The maximum atomic E-state index is 12.4. The van der Waals surface area contributed by atoms with E-state index < -0.39 is 11.9 Å². The molecule has 0 aromatic carbocycles. The van der Waals surface area contributed by atoms with Gasteiger partial charge < -0.3 is 0 Å². The third-order valence-electron chi connectivity index (χ3n) is 2.30. The van der Waals surface area contributed by atoms with E-state index in [9.17, 15) is 13.2 Å². The molecule has 2 rings (SSSR count). The van der Waals surface area contributed by atoms with E-state index in [1.54, 1.807) is 6.92 Å². The van der Waals surface area contributed by atoms with Crippen molar-refractivity contribution in [3.05, 3.63) is 35.4 Å². The number of hydrogen-bond acceptors (Lipinski definition) is 3. The Bertz CT molecular complexity index is 564. The minimum Gasteiger partial charge on any atom is -0.219 e. The predicted octanol–water partition coefficient (Wildman–Crippen LogP) is 2.73. The normalized spacial score (nSPS) is 11.8. The number of hydrogen-bond donors (Lipinski definition) is 0. The van der Waals surface area contributed by atoms with Crippen LogP contribution < -0.4 is 0 Å². The molecule has 96 valence electrons. The van der Waals surface area contributed by atoms with Gasteiger partial charge in [-0.1, -0.05) is 0 Å². The summed E-state index contributed by atoms with van der Waals surface area (Å²) in [5.74, 6) is 0.329. The fourth-order valence-corrected chi connectivity index (χ4v) is 1.57. The molecule has 0 radical (unpaired) electrons. The fraction of sp³-hybridized carbons (Fsp3) is 0.300. The standard InChI is InChI=1S/C10H8ClF3N4/c1-6-7(4-11)5-15-9(16-6)18-3-2-8(17-18)10(12,13)14/h2-3,5H,4H2,1H3. The lowest BCUT2D eigenvalue weighted by molar-refractivity contribution is -0.141. The maximum absolute atomic E-state index is 12.4. The molecule has 0 saturated carbocycles. The molecule has 8 heteroatoms. The minimum atomic E-state index is -4.48. The molecule has 0 bridgehead atoms. The Morgan fingerprint density at radius 2 is 2.11 bits per heavy atom. The molecule has 0 fully saturated rings. The quantitative estimate of drug-likeness (QED) is 0.792. The van der Waals surface area contributed by atoms with Crippen LogP contribution in [0.15, 0.2) is 18.5 Å². The third kappa shape index (κ3) is 2.45. The third-order valence-corrected chi connectivity index (χ3v) is 2.58. The first-order valence-corrected chi connectivity index (χ1v) is 5.47. The van der Waals surface area contributed by atoms with Crippen molar-refractivity contribution in [3.63, 3.8) is 0 Å². The number of halogens is 4. The molecule has 0 aliphatic carbocycles. The number of nitrogens with zero attached hydrogens (tertiary/aromatic N) is 4. The molecule has 0 spiro atoms. The Morgan fingerprint density at radius 3 is 2.61 bits per heavy atom. The lowest BCUT2D eigenvalue weighted by Gasteiger charge is -2.04. The van der Waals surface area contributed by atoms with E-state index in [4.69, 9.17) is 11.6 Å². The zero-order valence-corrected chi connectivity index (χ0v) is 10.00. The minimum absolute atomic E-state index is 0.0804. The zero-order valence-electron chi connectivity index (χ0n) is 9.24. The van der Waals surface area contributed by atoms with Crippen LogP contribution >= 0.6 is 11.6 Å². The van der Waals surface area contributed by atoms with Crippen LogP contribution in [0, 0.1) is 6.92 Å². The number of aryl methyl sites for hydroxylation is 1. The number of alkyl halides is 4. The van der Waals surface area contributed by atoms with Gasteiger partial charge in [-0.15, -0.1) is 11.6 Å². The van der Waals surface area contributed by atoms with Crippen molar-refractivity contribution >= 4 is 11.6 Å². The van der Waals surface area contributed by atoms with E-state index in [1.165, 1.54) is 6.20 Å². The van der Waals surface area contributed by atoms with Gasteiger partial charge in [0.2, 0.25) is 0 Å². The first-order valence-electron chi connectivity index (χ1n) is 4.93. The Kier molecular flexibility index (Phi) is 3.25. The first-order chi connectivity index (χ1) is 8.41. The average molecular weight is 277 g/mol. The second-order valence-corrected chi connectivity index (χ2v) is 3.82. The van der Waals surface area contributed by atoms with Crippen LogP contribution in [0.3, 0.4) is 0 Å². The highest BCUT2D eigenvalue weighted by Gasteiger charge is 2.33. The summed E-state index contributed by atoms with van der Waals surface area (Å²) in [6, 6.07) is 0.869. The smallest absolute Gasteiger partial charge is 0.219 e. The fourth-order valence-electron chi connectivity index (χ4n) is 1.31. The topological polar surface area (TPSA) is 43.6 Å². The molecule has 0 amide bonds. The molecule has 2 heterocycles. The Balaban J connectivity index is 2.38. The molecule has 0 atom stereocenters. The molecular weight excluding hydrogens is 269 g/mol. The SMILES string of the molecule is Cc1nc(-n2ccc(C(F)(F)F)n2)ncc1CCl. The van der Waals surface area contributed by atoms with E-state index in [0.29, 0.717) is 5.69 Å². The zero-order chi connectivity index (χ0) is 13.3. The van der Waals surface area contributed by atoms with Crippen molar-refractivity contribution in [2.75, 3.05) is 0 Å². The maximum Gasteiger partial charge on any atom is 0.435 e. The molecule has 4 nitrogen and oxygen atoms in total. The number of rotatable bonds is 2. The molecule has 0 saturated heterocycles. The second kappa shape index (κ2) is 4.56. The summed E-state index contributed by atoms with van der Waals surface area (Å²) >= 11 is 5.64. The Hall–Kier alpha value is -1.63. The summed E-state index contributed by atoms with van der Waals surface area (Å²) in [6.45, 7) is 1.71. The second-order valence-electron chi connectivity index (χ2n) is 3.56. The van der Waals surface area contributed by atoms with Gasteiger partial charge in [-0.3, -0.25) is 0 Å². The van der Waals surface area contributed by atoms with Gasteiger partial charge in [0, 0.05) is 23.7 Å². The van der Waals surface area contributed by atoms with Gasteiger partial charge in [0.1, 0.15) is 0 Å². The van der Waals surface area contributed by atoms with Gasteiger partial charge >= 0.3 is 6.18 Å². The predicted molar refractivity (Wildman–Crippen MR) is 58.5 cm³/mol. The average Bonchev–Trinajstić information content (AvgIpc) is 2.77. The first kappa shape index (κ1) is 12.8. The van der Waals surface area contributed by atoms with Crippen LogP contribution in [0.2, 0.25) is 0 Å². The highest BCUT2D eigenvalue weighted by Crippen LogP contribution is 2.27. The van der Waals surface area contributed by atoms with Crippen LogP contribution in [0.25, 0.3) is 5.95 Å². The van der Waals surface area contributed by atoms with Crippen LogP contribution in [-0.4, -0.2) is 19.7 Å². The lowest BCUT2D eigenvalue weighted by atomic mass is 10.3. The van der Waals surface area contributed by atoms with Crippen molar-refractivity contribution < 1.29 is 13.2 Å². The number of aromatic nitrogens is 4. The summed E-state index contributed by atoms with van der Waals surface area (Å²) in [5.41, 5.74) is 0.354. The van der Waals surface area contributed by atoms with E-state index in [-0.39, 0.29) is 11.8 Å². The molecule has 2 aromatic rings. The van der Waals surface area contributed by atoms with Gasteiger partial charge in [-0.2, -0.15) is 18.3 Å². The van der Waals surface area contributed by atoms with Crippen LogP contribution in [0.1, 0.15) is 17.0 Å². The highest BCUT2D eigenvalue weighted by molar-refractivity contribution is 6.17.